The minimum Gasteiger partial charge on any atom is -0.486 e. The fourth-order valence-electron chi connectivity index (χ4n) is 2.82. The maximum atomic E-state index is 13.0. The van der Waals surface area contributed by atoms with Crippen molar-refractivity contribution >= 4 is 6.03 Å². The summed E-state index contributed by atoms with van der Waals surface area (Å²) in [5.74, 6) is 0.441. The number of ether oxygens (including phenoxy) is 1. The van der Waals surface area contributed by atoms with Crippen molar-refractivity contribution in [3.8, 4) is 5.75 Å². The molecule has 1 aliphatic carbocycles. The van der Waals surface area contributed by atoms with Gasteiger partial charge in [0.25, 0.3) is 0 Å². The zero-order valence-electron chi connectivity index (χ0n) is 13.5. The molecule has 2 amide bonds. The first-order valence-corrected chi connectivity index (χ1v) is 7.97. The second kappa shape index (κ2) is 7.36. The van der Waals surface area contributed by atoms with E-state index in [-0.39, 0.29) is 11.9 Å². The molecule has 25 heavy (non-hydrogen) atoms. The molecule has 0 unspecified atom stereocenters. The second-order valence-electron chi connectivity index (χ2n) is 5.98. The van der Waals surface area contributed by atoms with Gasteiger partial charge in [-0.05, 0) is 47.9 Å². The van der Waals surface area contributed by atoms with E-state index in [2.05, 4.69) is 0 Å². The monoisotopic (exact) mass is 342 g/mol. The molecule has 0 fully saturated rings. The summed E-state index contributed by atoms with van der Waals surface area (Å²) in [5.41, 5.74) is 7.11. The minimum absolute atomic E-state index is 0.250. The van der Waals surface area contributed by atoms with E-state index in [1.54, 1.807) is 24.3 Å². The predicted molar refractivity (Wildman–Crippen MR) is 90.8 cm³/mol. The Kier molecular flexibility index (Phi) is 5.00. The highest BCUT2D eigenvalue weighted by atomic mass is 19.1. The van der Waals surface area contributed by atoms with Crippen molar-refractivity contribution in [3.05, 3.63) is 77.6 Å². The molecule has 2 aromatic rings. The number of nitrogens with two attached hydrogens (primary N) is 1. The van der Waals surface area contributed by atoms with Crippen LogP contribution in [0.1, 0.15) is 17.5 Å². The van der Waals surface area contributed by atoms with Crippen LogP contribution in [0.3, 0.4) is 0 Å². The zero-order valence-corrected chi connectivity index (χ0v) is 13.5. The molecule has 0 saturated carbocycles. The summed E-state index contributed by atoms with van der Waals surface area (Å²) in [6, 6.07) is 12.7. The van der Waals surface area contributed by atoms with Crippen LogP contribution >= 0.6 is 0 Å². The van der Waals surface area contributed by atoms with Crippen molar-refractivity contribution in [1.82, 2.24) is 5.06 Å². The van der Waals surface area contributed by atoms with Crippen molar-refractivity contribution in [1.29, 1.82) is 0 Å². The van der Waals surface area contributed by atoms with Gasteiger partial charge in [-0.2, -0.15) is 5.06 Å². The highest BCUT2D eigenvalue weighted by Gasteiger charge is 2.27. The van der Waals surface area contributed by atoms with Gasteiger partial charge in [0.1, 0.15) is 17.7 Å². The summed E-state index contributed by atoms with van der Waals surface area (Å²) in [6.45, 7) is 0. The van der Waals surface area contributed by atoms with E-state index < -0.39 is 12.1 Å². The summed E-state index contributed by atoms with van der Waals surface area (Å²) in [4.78, 5) is 11.0. The summed E-state index contributed by atoms with van der Waals surface area (Å²) < 4.78 is 18.9. The topological polar surface area (TPSA) is 75.8 Å². The van der Waals surface area contributed by atoms with Crippen molar-refractivity contribution in [2.75, 3.05) is 0 Å². The average Bonchev–Trinajstić information content (AvgIpc) is 3.05. The van der Waals surface area contributed by atoms with Gasteiger partial charge in [-0.15, -0.1) is 0 Å². The van der Waals surface area contributed by atoms with Crippen molar-refractivity contribution < 1.29 is 19.1 Å². The first-order valence-electron chi connectivity index (χ1n) is 7.97. The van der Waals surface area contributed by atoms with Gasteiger partial charge in [0.2, 0.25) is 0 Å². The summed E-state index contributed by atoms with van der Waals surface area (Å²) in [6.07, 6.45) is 4.34. The number of carbonyl (C=O) groups excluding carboxylic acids is 1. The molecule has 0 aliphatic heterocycles. The van der Waals surface area contributed by atoms with Crippen molar-refractivity contribution in [3.63, 3.8) is 0 Å². The van der Waals surface area contributed by atoms with Crippen LogP contribution in [0.5, 0.6) is 5.75 Å². The summed E-state index contributed by atoms with van der Waals surface area (Å²) in [5, 5.41) is 10.1. The Morgan fingerprint density at radius 1 is 1.20 bits per heavy atom. The quantitative estimate of drug-likeness (QED) is 0.497. The van der Waals surface area contributed by atoms with Gasteiger partial charge >= 0.3 is 6.03 Å². The van der Waals surface area contributed by atoms with Crippen LogP contribution in [-0.4, -0.2) is 28.4 Å². The number of hydroxylamine groups is 2. The van der Waals surface area contributed by atoms with Gasteiger partial charge in [0.15, 0.2) is 0 Å². The molecule has 0 spiro atoms. The number of primary amides is 1. The lowest BCUT2D eigenvalue weighted by Gasteiger charge is -2.20. The molecule has 0 bridgehead atoms. The molecule has 0 saturated heterocycles. The van der Waals surface area contributed by atoms with Crippen molar-refractivity contribution in [2.24, 2.45) is 5.73 Å². The molecule has 6 heteroatoms. The van der Waals surface area contributed by atoms with Crippen LogP contribution in [0.2, 0.25) is 0 Å². The van der Waals surface area contributed by atoms with Gasteiger partial charge in [-0.3, -0.25) is 5.21 Å². The Balaban J connectivity index is 1.62. The number of urea groups is 1. The smallest absolute Gasteiger partial charge is 0.339 e. The Morgan fingerprint density at radius 2 is 1.96 bits per heavy atom. The normalized spacial score (nSPS) is 19.0. The number of rotatable bonds is 5. The van der Waals surface area contributed by atoms with Gasteiger partial charge in [-0.25, -0.2) is 9.18 Å². The zero-order chi connectivity index (χ0) is 17.8. The van der Waals surface area contributed by atoms with E-state index in [1.165, 1.54) is 12.1 Å². The molecule has 0 heterocycles. The Bertz CT molecular complexity index is 776. The fraction of sp³-hybridized carbons (Fsp3) is 0.211. The van der Waals surface area contributed by atoms with Gasteiger partial charge in [-0.1, -0.05) is 30.3 Å². The SMILES string of the molecule is NC(=O)N(O)[C@@H]1C=C[C@H](Oc2cccc(Cc3ccc(F)cc3)c2)C1. The molecule has 0 radical (unpaired) electrons. The number of carbonyl (C=O) groups is 1. The van der Waals surface area contributed by atoms with E-state index in [9.17, 15) is 14.4 Å². The van der Waals surface area contributed by atoms with E-state index in [1.807, 2.05) is 24.3 Å². The van der Waals surface area contributed by atoms with Crippen LogP contribution in [0.25, 0.3) is 0 Å². The molecular formula is C19H19FN2O3. The van der Waals surface area contributed by atoms with Gasteiger partial charge in [0.05, 0.1) is 6.04 Å². The maximum Gasteiger partial charge on any atom is 0.339 e. The van der Waals surface area contributed by atoms with Crippen LogP contribution in [0.15, 0.2) is 60.7 Å². The fourth-order valence-corrected chi connectivity index (χ4v) is 2.82. The summed E-state index contributed by atoms with van der Waals surface area (Å²) >= 11 is 0. The molecule has 3 N–H and O–H groups in total. The lowest BCUT2D eigenvalue weighted by Crippen LogP contribution is -2.40. The molecule has 1 aliphatic rings. The summed E-state index contributed by atoms with van der Waals surface area (Å²) in [7, 11) is 0. The first kappa shape index (κ1) is 17.0. The second-order valence-corrected chi connectivity index (χ2v) is 5.98. The van der Waals surface area contributed by atoms with Crippen LogP contribution < -0.4 is 10.5 Å². The van der Waals surface area contributed by atoms with Crippen LogP contribution in [0.4, 0.5) is 9.18 Å². The van der Waals surface area contributed by atoms with Gasteiger partial charge in [0, 0.05) is 6.42 Å². The van der Waals surface area contributed by atoms with Crippen molar-refractivity contribution in [2.45, 2.75) is 25.0 Å². The Morgan fingerprint density at radius 3 is 2.68 bits per heavy atom. The van der Waals surface area contributed by atoms with Gasteiger partial charge < -0.3 is 10.5 Å². The molecule has 2 aromatic carbocycles. The third kappa shape index (κ3) is 4.36. The van der Waals surface area contributed by atoms with E-state index in [0.29, 0.717) is 23.7 Å². The molecule has 3 rings (SSSR count). The molecule has 5 nitrogen and oxygen atoms in total. The van der Waals surface area contributed by atoms with E-state index in [0.717, 1.165) is 11.1 Å². The van der Waals surface area contributed by atoms with E-state index in [4.69, 9.17) is 10.5 Å². The highest BCUT2D eigenvalue weighted by molar-refractivity contribution is 5.71. The largest absolute Gasteiger partial charge is 0.486 e. The number of nitrogens with zero attached hydrogens (tertiary/aromatic N) is 1. The standard InChI is InChI=1S/C19H19FN2O3/c20-15-6-4-13(5-7-15)10-14-2-1-3-17(11-14)25-18-9-8-16(12-18)22(24)19(21)23/h1-9,11,16,18,24H,10,12H2,(H2,21,23)/t16-,18+/m1/s1. The van der Waals surface area contributed by atoms with Crippen LogP contribution in [-0.2, 0) is 6.42 Å². The number of hydrogen-bond acceptors (Lipinski definition) is 3. The third-order valence-corrected chi connectivity index (χ3v) is 4.07. The molecular weight excluding hydrogens is 323 g/mol. The average molecular weight is 342 g/mol. The lowest BCUT2D eigenvalue weighted by molar-refractivity contribution is -0.0645. The number of halogens is 1. The molecule has 130 valence electrons. The first-order chi connectivity index (χ1) is 12.0. The Hall–Kier alpha value is -2.86. The number of benzene rings is 2. The number of amides is 2. The predicted octanol–water partition coefficient (Wildman–Crippen LogP) is 3.26. The number of hydrogen-bond donors (Lipinski definition) is 2. The molecule has 0 aromatic heterocycles. The van der Waals surface area contributed by atoms with Crippen LogP contribution in [0, 0.1) is 5.82 Å². The third-order valence-electron chi connectivity index (χ3n) is 4.07. The minimum atomic E-state index is -0.892. The molecule has 2 atom stereocenters. The Labute approximate surface area is 145 Å². The highest BCUT2D eigenvalue weighted by Crippen LogP contribution is 2.23. The van der Waals surface area contributed by atoms with E-state index >= 15 is 0 Å². The maximum absolute atomic E-state index is 13.0. The lowest BCUT2D eigenvalue weighted by atomic mass is 10.0.